The first-order valence-electron chi connectivity index (χ1n) is 6.87. The molecule has 0 radical (unpaired) electrons. The monoisotopic (exact) mass is 280 g/mol. The molecule has 0 bridgehead atoms. The average Bonchev–Trinajstić information content (AvgIpc) is 2.87. The van der Waals surface area contributed by atoms with Crippen LogP contribution in [0.25, 0.3) is 11.0 Å². The fraction of sp³-hybridized carbons (Fsp3) is 0.167. The molecule has 0 unspecified atom stereocenters. The quantitative estimate of drug-likeness (QED) is 0.533. The van der Waals surface area contributed by atoms with Crippen molar-refractivity contribution in [1.82, 2.24) is 0 Å². The van der Waals surface area contributed by atoms with Gasteiger partial charge >= 0.3 is 5.97 Å². The van der Waals surface area contributed by atoms with Gasteiger partial charge in [0, 0.05) is 10.9 Å². The molecule has 2 aromatic carbocycles. The number of hydrogen-bond acceptors (Lipinski definition) is 3. The summed E-state index contributed by atoms with van der Waals surface area (Å²) in [5.74, 6) is 0.268. The first kappa shape index (κ1) is 13.4. The molecule has 0 saturated carbocycles. The Labute approximate surface area is 123 Å². The largest absolute Gasteiger partial charge is 0.464 e. The van der Waals surface area contributed by atoms with Crippen LogP contribution in [0.1, 0.15) is 16.7 Å². The number of ether oxygens (including phenoxy) is 1. The Bertz CT molecular complexity index is 785. The van der Waals surface area contributed by atoms with Gasteiger partial charge < -0.3 is 9.15 Å². The molecule has 3 aromatic rings. The Kier molecular flexibility index (Phi) is 3.48. The van der Waals surface area contributed by atoms with Crippen LogP contribution in [0.15, 0.2) is 53.1 Å². The van der Waals surface area contributed by atoms with Gasteiger partial charge in [-0.1, -0.05) is 30.3 Å². The molecule has 0 N–H and O–H groups in total. The van der Waals surface area contributed by atoms with Crippen molar-refractivity contribution in [3.8, 4) is 5.75 Å². The highest BCUT2D eigenvalue weighted by Crippen LogP contribution is 2.27. The molecule has 0 aliphatic heterocycles. The third-order valence-electron chi connectivity index (χ3n) is 3.65. The maximum Gasteiger partial charge on any atom is 0.315 e. The van der Waals surface area contributed by atoms with Crippen LogP contribution in [-0.4, -0.2) is 5.97 Å². The molecule has 0 aliphatic rings. The first-order valence-corrected chi connectivity index (χ1v) is 6.87. The van der Waals surface area contributed by atoms with Crippen LogP contribution in [0.5, 0.6) is 5.75 Å². The summed E-state index contributed by atoms with van der Waals surface area (Å²) >= 11 is 0. The minimum absolute atomic E-state index is 0.199. The smallest absolute Gasteiger partial charge is 0.315 e. The molecule has 3 rings (SSSR count). The molecule has 1 heterocycles. The van der Waals surface area contributed by atoms with Gasteiger partial charge in [0.1, 0.15) is 11.3 Å². The number of esters is 1. The van der Waals surface area contributed by atoms with E-state index in [0.29, 0.717) is 5.75 Å². The second kappa shape index (κ2) is 5.44. The minimum atomic E-state index is -0.290. The lowest BCUT2D eigenvalue weighted by Gasteiger charge is -2.03. The number of carbonyl (C=O) groups is 1. The van der Waals surface area contributed by atoms with E-state index in [-0.39, 0.29) is 12.4 Å². The summed E-state index contributed by atoms with van der Waals surface area (Å²) in [5, 5.41) is 0.975. The van der Waals surface area contributed by atoms with Crippen molar-refractivity contribution in [3.63, 3.8) is 0 Å². The second-order valence-electron chi connectivity index (χ2n) is 5.11. The van der Waals surface area contributed by atoms with Gasteiger partial charge in [0.05, 0.1) is 12.7 Å². The summed E-state index contributed by atoms with van der Waals surface area (Å²) in [6.45, 7) is 4.06. The summed E-state index contributed by atoms with van der Waals surface area (Å²) in [4.78, 5) is 12.0. The van der Waals surface area contributed by atoms with E-state index in [4.69, 9.17) is 9.15 Å². The molecule has 1 aromatic heterocycles. The standard InChI is InChI=1S/C18H16O3/c1-12-8-9-16-14(11-20-18(16)13(12)2)10-17(19)21-15-6-4-3-5-7-15/h3-9,11H,10H2,1-2H3. The van der Waals surface area contributed by atoms with Gasteiger partial charge in [0.25, 0.3) is 0 Å². The molecule has 106 valence electrons. The molecule has 0 saturated heterocycles. The molecular weight excluding hydrogens is 264 g/mol. The van der Waals surface area contributed by atoms with Crippen molar-refractivity contribution in [2.45, 2.75) is 20.3 Å². The van der Waals surface area contributed by atoms with Crippen LogP contribution in [0.2, 0.25) is 0 Å². The Morgan fingerprint density at radius 1 is 1.10 bits per heavy atom. The Morgan fingerprint density at radius 2 is 1.86 bits per heavy atom. The Morgan fingerprint density at radius 3 is 2.62 bits per heavy atom. The van der Waals surface area contributed by atoms with Gasteiger partial charge in [-0.25, -0.2) is 0 Å². The lowest BCUT2D eigenvalue weighted by Crippen LogP contribution is -2.10. The highest BCUT2D eigenvalue weighted by atomic mass is 16.5. The van der Waals surface area contributed by atoms with Gasteiger partial charge in [0.2, 0.25) is 0 Å². The topological polar surface area (TPSA) is 39.4 Å². The van der Waals surface area contributed by atoms with Crippen LogP contribution in [0.4, 0.5) is 0 Å². The lowest BCUT2D eigenvalue weighted by atomic mass is 10.0. The summed E-state index contributed by atoms with van der Waals surface area (Å²) in [7, 11) is 0. The molecule has 0 fully saturated rings. The van der Waals surface area contributed by atoms with Crippen molar-refractivity contribution in [1.29, 1.82) is 0 Å². The summed E-state index contributed by atoms with van der Waals surface area (Å²) in [6, 6.07) is 13.1. The molecule has 3 nitrogen and oxygen atoms in total. The first-order chi connectivity index (χ1) is 10.1. The third-order valence-corrected chi connectivity index (χ3v) is 3.65. The number of rotatable bonds is 3. The van der Waals surface area contributed by atoms with Crippen LogP contribution < -0.4 is 4.74 Å². The lowest BCUT2D eigenvalue weighted by molar-refractivity contribution is -0.133. The Hall–Kier alpha value is -2.55. The number of furan rings is 1. The van der Waals surface area contributed by atoms with E-state index in [1.807, 2.05) is 44.2 Å². The summed E-state index contributed by atoms with van der Waals surface area (Å²) in [5.41, 5.74) is 3.98. The maximum atomic E-state index is 12.0. The van der Waals surface area contributed by atoms with E-state index in [0.717, 1.165) is 22.1 Å². The second-order valence-corrected chi connectivity index (χ2v) is 5.11. The number of hydrogen-bond donors (Lipinski definition) is 0. The normalized spacial score (nSPS) is 10.8. The molecule has 0 atom stereocenters. The highest BCUT2D eigenvalue weighted by molar-refractivity contribution is 5.88. The fourth-order valence-electron chi connectivity index (χ4n) is 2.34. The van der Waals surface area contributed by atoms with Crippen molar-refractivity contribution < 1.29 is 13.9 Å². The molecule has 21 heavy (non-hydrogen) atoms. The molecular formula is C18H16O3. The van der Waals surface area contributed by atoms with Crippen molar-refractivity contribution in [2.75, 3.05) is 0 Å². The zero-order chi connectivity index (χ0) is 14.8. The predicted molar refractivity (Wildman–Crippen MR) is 81.5 cm³/mol. The SMILES string of the molecule is Cc1ccc2c(CC(=O)Oc3ccccc3)coc2c1C. The average molecular weight is 280 g/mol. The van der Waals surface area contributed by atoms with Crippen LogP contribution in [0.3, 0.4) is 0 Å². The zero-order valence-electron chi connectivity index (χ0n) is 12.1. The van der Waals surface area contributed by atoms with Gasteiger partial charge in [-0.3, -0.25) is 4.79 Å². The molecule has 0 aliphatic carbocycles. The van der Waals surface area contributed by atoms with E-state index in [9.17, 15) is 4.79 Å². The van der Waals surface area contributed by atoms with E-state index < -0.39 is 0 Å². The number of aryl methyl sites for hydroxylation is 2. The van der Waals surface area contributed by atoms with Crippen LogP contribution in [0, 0.1) is 13.8 Å². The van der Waals surface area contributed by atoms with Gasteiger partial charge in [-0.2, -0.15) is 0 Å². The van der Waals surface area contributed by atoms with E-state index in [1.165, 1.54) is 5.56 Å². The number of carbonyl (C=O) groups excluding carboxylic acids is 1. The van der Waals surface area contributed by atoms with Gasteiger partial charge in [0.15, 0.2) is 0 Å². The predicted octanol–water partition coefficient (Wildman–Crippen LogP) is 4.20. The van der Waals surface area contributed by atoms with Crippen LogP contribution in [-0.2, 0) is 11.2 Å². The van der Waals surface area contributed by atoms with E-state index in [1.54, 1.807) is 18.4 Å². The molecule has 0 amide bonds. The number of para-hydroxylation sites is 1. The third kappa shape index (κ3) is 2.68. The van der Waals surface area contributed by atoms with E-state index >= 15 is 0 Å². The van der Waals surface area contributed by atoms with Crippen molar-refractivity contribution >= 4 is 16.9 Å². The number of benzene rings is 2. The van der Waals surface area contributed by atoms with Crippen molar-refractivity contribution in [2.24, 2.45) is 0 Å². The molecule has 3 heteroatoms. The van der Waals surface area contributed by atoms with Crippen LogP contribution >= 0.6 is 0 Å². The highest BCUT2D eigenvalue weighted by Gasteiger charge is 2.14. The molecule has 0 spiro atoms. The van der Waals surface area contributed by atoms with Gasteiger partial charge in [-0.15, -0.1) is 0 Å². The van der Waals surface area contributed by atoms with Gasteiger partial charge in [-0.05, 0) is 37.1 Å². The number of fused-ring (bicyclic) bond motifs is 1. The van der Waals surface area contributed by atoms with E-state index in [2.05, 4.69) is 0 Å². The maximum absolute atomic E-state index is 12.0. The Balaban J connectivity index is 1.82. The zero-order valence-corrected chi connectivity index (χ0v) is 12.1. The summed E-state index contributed by atoms with van der Waals surface area (Å²) < 4.78 is 10.9. The summed E-state index contributed by atoms with van der Waals surface area (Å²) in [6.07, 6.45) is 1.84. The fourth-order valence-corrected chi connectivity index (χ4v) is 2.34. The van der Waals surface area contributed by atoms with Crippen molar-refractivity contribution in [3.05, 3.63) is 65.4 Å². The minimum Gasteiger partial charge on any atom is -0.464 e.